The first kappa shape index (κ1) is 24.9. The third kappa shape index (κ3) is 5.89. The second kappa shape index (κ2) is 10.6. The maximum absolute atomic E-state index is 13.5. The maximum atomic E-state index is 13.5. The smallest absolute Gasteiger partial charge is 0.248 e. The molecular weight excluding hydrogens is 462 g/mol. The van der Waals surface area contributed by atoms with Crippen LogP contribution in [-0.2, 0) is 21.4 Å². The molecule has 2 aromatic carbocycles. The first-order valence-electron chi connectivity index (χ1n) is 11.8. The number of carbonyl (C=O) groups excluding carboxylic acids is 1. The lowest BCUT2D eigenvalue weighted by Gasteiger charge is -2.30. The molecular formula is C27H31N3O4S. The Morgan fingerprint density at radius 2 is 1.60 bits per heavy atom. The van der Waals surface area contributed by atoms with Crippen molar-refractivity contribution in [3.05, 3.63) is 82.2 Å². The van der Waals surface area contributed by atoms with Gasteiger partial charge < -0.3 is 9.84 Å². The van der Waals surface area contributed by atoms with Gasteiger partial charge in [0, 0.05) is 25.6 Å². The highest BCUT2D eigenvalue weighted by Crippen LogP contribution is 2.29. The highest BCUT2D eigenvalue weighted by atomic mass is 32.2. The normalized spacial score (nSPS) is 15.5. The maximum Gasteiger partial charge on any atom is 0.248 e. The van der Waals surface area contributed by atoms with Crippen molar-refractivity contribution in [1.82, 2.24) is 14.8 Å². The van der Waals surface area contributed by atoms with Gasteiger partial charge in [-0.05, 0) is 50.8 Å². The van der Waals surface area contributed by atoms with Gasteiger partial charge >= 0.3 is 0 Å². The fraction of sp³-hybridized carbons (Fsp3) is 0.333. The van der Waals surface area contributed by atoms with Gasteiger partial charge in [-0.2, -0.15) is 4.31 Å². The van der Waals surface area contributed by atoms with Crippen molar-refractivity contribution in [1.29, 1.82) is 0 Å². The van der Waals surface area contributed by atoms with Crippen LogP contribution >= 0.6 is 0 Å². The molecule has 0 unspecified atom stereocenters. The van der Waals surface area contributed by atoms with Gasteiger partial charge in [0.2, 0.25) is 15.9 Å². The number of hydrogen-bond donors (Lipinski definition) is 1. The number of carbonyl (C=O) groups is 1. The highest BCUT2D eigenvalue weighted by Gasteiger charge is 2.35. The Labute approximate surface area is 206 Å². The number of benzene rings is 2. The van der Waals surface area contributed by atoms with Crippen LogP contribution in [0.4, 0.5) is 0 Å². The molecule has 0 radical (unpaired) electrons. The topological polar surface area (TPSA) is 92.5 Å². The Bertz CT molecular complexity index is 1300. The van der Waals surface area contributed by atoms with Crippen LogP contribution < -0.4 is 5.32 Å². The van der Waals surface area contributed by atoms with Gasteiger partial charge in [0.15, 0.2) is 10.7 Å². The largest absolute Gasteiger partial charge is 0.355 e. The van der Waals surface area contributed by atoms with Crippen LogP contribution in [0.15, 0.2) is 57.9 Å². The molecule has 1 amide bonds. The highest BCUT2D eigenvalue weighted by molar-refractivity contribution is 7.89. The molecule has 35 heavy (non-hydrogen) atoms. The zero-order valence-electron chi connectivity index (χ0n) is 20.3. The van der Waals surface area contributed by atoms with Crippen molar-refractivity contribution in [2.45, 2.75) is 45.1 Å². The number of amides is 1. The molecule has 2 heterocycles. The number of piperidine rings is 1. The molecule has 1 fully saturated rings. The second-order valence-corrected chi connectivity index (χ2v) is 11.0. The number of nitrogens with zero attached hydrogens (tertiary/aromatic N) is 2. The molecule has 0 atom stereocenters. The predicted octanol–water partition coefficient (Wildman–Crippen LogP) is 4.49. The summed E-state index contributed by atoms with van der Waals surface area (Å²) < 4.78 is 33.7. The van der Waals surface area contributed by atoms with E-state index in [1.54, 1.807) is 13.0 Å². The van der Waals surface area contributed by atoms with Crippen LogP contribution in [-0.4, -0.2) is 36.9 Å². The lowest BCUT2D eigenvalue weighted by atomic mass is 9.97. The van der Waals surface area contributed by atoms with E-state index in [1.807, 2.05) is 68.5 Å². The average molecular weight is 494 g/mol. The van der Waals surface area contributed by atoms with Gasteiger partial charge in [0.1, 0.15) is 5.69 Å². The molecule has 1 N–H and O–H groups in total. The number of rotatable bonds is 7. The second-order valence-electron chi connectivity index (χ2n) is 9.09. The molecule has 0 saturated carbocycles. The number of nitrogens with one attached hydrogen (secondary N) is 1. The van der Waals surface area contributed by atoms with Crippen LogP contribution in [0.5, 0.6) is 0 Å². The standard InChI is InChI=1S/C27H31N3O4S/c1-19-4-8-22(9-5-19)12-13-25-26(21(3)29-34-25)35(32,33)30-16-14-24(15-17-30)27(31)28-18-23-10-6-20(2)7-11-23/h4-13,24H,14-18H2,1-3H3,(H,28,31)/b13-12+. The summed E-state index contributed by atoms with van der Waals surface area (Å²) in [7, 11) is -3.81. The zero-order valence-corrected chi connectivity index (χ0v) is 21.1. The molecule has 4 rings (SSSR count). The van der Waals surface area contributed by atoms with Crippen molar-refractivity contribution < 1.29 is 17.7 Å². The molecule has 7 nitrogen and oxygen atoms in total. The lowest BCUT2D eigenvalue weighted by Crippen LogP contribution is -2.43. The van der Waals surface area contributed by atoms with E-state index in [-0.39, 0.29) is 35.6 Å². The van der Waals surface area contributed by atoms with Gasteiger partial charge in [0.25, 0.3) is 0 Å². The summed E-state index contributed by atoms with van der Waals surface area (Å²) in [4.78, 5) is 12.7. The van der Waals surface area contributed by atoms with E-state index >= 15 is 0 Å². The summed E-state index contributed by atoms with van der Waals surface area (Å²) in [6, 6.07) is 15.9. The van der Waals surface area contributed by atoms with Gasteiger partial charge in [0.05, 0.1) is 0 Å². The predicted molar refractivity (Wildman–Crippen MR) is 136 cm³/mol. The number of aromatic nitrogens is 1. The minimum Gasteiger partial charge on any atom is -0.355 e. The molecule has 0 spiro atoms. The molecule has 184 valence electrons. The summed E-state index contributed by atoms with van der Waals surface area (Å²) in [5.74, 6) is -0.0390. The van der Waals surface area contributed by atoms with E-state index < -0.39 is 10.0 Å². The fourth-order valence-electron chi connectivity index (χ4n) is 4.18. The van der Waals surface area contributed by atoms with Crippen LogP contribution in [0.3, 0.4) is 0 Å². The van der Waals surface area contributed by atoms with Crippen LogP contribution in [0.1, 0.15) is 46.5 Å². The van der Waals surface area contributed by atoms with Gasteiger partial charge in [-0.15, -0.1) is 0 Å². The third-order valence-corrected chi connectivity index (χ3v) is 8.41. The monoisotopic (exact) mass is 493 g/mol. The number of aryl methyl sites for hydroxylation is 3. The van der Waals surface area contributed by atoms with E-state index in [9.17, 15) is 13.2 Å². The van der Waals surface area contributed by atoms with Crippen molar-refractivity contribution in [3.8, 4) is 0 Å². The zero-order chi connectivity index (χ0) is 25.0. The minimum absolute atomic E-state index is 0.0366. The molecule has 1 aliphatic heterocycles. The van der Waals surface area contributed by atoms with Gasteiger partial charge in [-0.3, -0.25) is 4.79 Å². The Morgan fingerprint density at radius 1 is 1.00 bits per heavy atom. The first-order chi connectivity index (χ1) is 16.7. The van der Waals surface area contributed by atoms with E-state index in [0.717, 1.165) is 16.7 Å². The molecule has 0 bridgehead atoms. The quantitative estimate of drug-likeness (QED) is 0.524. The van der Waals surface area contributed by atoms with Crippen molar-refractivity contribution >= 4 is 28.1 Å². The van der Waals surface area contributed by atoms with E-state index in [1.165, 1.54) is 9.87 Å². The number of hydrogen-bond acceptors (Lipinski definition) is 5. The summed E-state index contributed by atoms with van der Waals surface area (Å²) in [5.41, 5.74) is 4.62. The summed E-state index contributed by atoms with van der Waals surface area (Å²) >= 11 is 0. The van der Waals surface area contributed by atoms with Crippen LogP contribution in [0.2, 0.25) is 0 Å². The van der Waals surface area contributed by atoms with Gasteiger partial charge in [-0.25, -0.2) is 8.42 Å². The Morgan fingerprint density at radius 3 is 2.23 bits per heavy atom. The Balaban J connectivity index is 1.39. The number of sulfonamides is 1. The van der Waals surface area contributed by atoms with Crippen LogP contribution in [0, 0.1) is 26.7 Å². The van der Waals surface area contributed by atoms with Crippen molar-refractivity contribution in [3.63, 3.8) is 0 Å². The Hall–Kier alpha value is -3.23. The first-order valence-corrected chi connectivity index (χ1v) is 13.2. The van der Waals surface area contributed by atoms with E-state index in [4.69, 9.17) is 4.52 Å². The minimum atomic E-state index is -3.81. The van der Waals surface area contributed by atoms with Gasteiger partial charge in [-0.1, -0.05) is 70.9 Å². The summed E-state index contributed by atoms with van der Waals surface area (Å²) in [6.07, 6.45) is 4.39. The Kier molecular flexibility index (Phi) is 7.52. The average Bonchev–Trinajstić information content (AvgIpc) is 3.24. The molecule has 0 aliphatic carbocycles. The van der Waals surface area contributed by atoms with E-state index in [0.29, 0.717) is 25.1 Å². The summed E-state index contributed by atoms with van der Waals surface area (Å²) in [6.45, 7) is 6.68. The fourth-order valence-corrected chi connectivity index (χ4v) is 5.89. The van der Waals surface area contributed by atoms with Crippen molar-refractivity contribution in [2.75, 3.05) is 13.1 Å². The molecule has 1 aromatic heterocycles. The molecule has 8 heteroatoms. The molecule has 3 aromatic rings. The summed E-state index contributed by atoms with van der Waals surface area (Å²) in [5, 5.41) is 6.89. The van der Waals surface area contributed by atoms with Crippen LogP contribution in [0.25, 0.3) is 12.2 Å². The molecule has 1 saturated heterocycles. The SMILES string of the molecule is Cc1ccc(/C=C/c2onc(C)c2S(=O)(=O)N2CCC(C(=O)NCc3ccc(C)cc3)CC2)cc1. The van der Waals surface area contributed by atoms with Crippen molar-refractivity contribution in [2.24, 2.45) is 5.92 Å². The third-order valence-electron chi connectivity index (χ3n) is 6.35. The van der Waals surface area contributed by atoms with E-state index in [2.05, 4.69) is 10.5 Å². The molecule has 1 aliphatic rings. The lowest BCUT2D eigenvalue weighted by molar-refractivity contribution is -0.126.